The highest BCUT2D eigenvalue weighted by molar-refractivity contribution is 7.90. The van der Waals surface area contributed by atoms with Crippen LogP contribution in [0.5, 0.6) is 0 Å². The lowest BCUT2D eigenvalue weighted by Gasteiger charge is -2.03. The number of nitrogens with one attached hydrogen (secondary N) is 1. The van der Waals surface area contributed by atoms with Crippen LogP contribution in [0.2, 0.25) is 0 Å². The third-order valence-corrected chi connectivity index (χ3v) is 5.11. The maximum Gasteiger partial charge on any atom is 0.230 e. The molecule has 1 aromatic carbocycles. The number of amides is 1. The molecule has 0 unspecified atom stereocenters. The molecule has 0 bridgehead atoms. The molecule has 21 heavy (non-hydrogen) atoms. The third-order valence-electron chi connectivity index (χ3n) is 2.99. The molecular formula is C14H16N2O3S2. The van der Waals surface area contributed by atoms with E-state index in [0.717, 1.165) is 22.4 Å². The molecule has 1 N–H and O–H groups in total. The Balaban J connectivity index is 2.03. The minimum Gasteiger partial charge on any atom is -0.302 e. The van der Waals surface area contributed by atoms with E-state index < -0.39 is 9.84 Å². The first-order valence-electron chi connectivity index (χ1n) is 6.28. The number of carbonyl (C=O) groups excluding carboxylic acids is 1. The number of sulfone groups is 1. The number of hydrogen-bond donors (Lipinski definition) is 1. The average Bonchev–Trinajstić information content (AvgIpc) is 2.67. The molecule has 0 aliphatic heterocycles. The Labute approximate surface area is 128 Å². The van der Waals surface area contributed by atoms with Crippen LogP contribution < -0.4 is 5.32 Å². The van der Waals surface area contributed by atoms with E-state index in [-0.39, 0.29) is 17.2 Å². The summed E-state index contributed by atoms with van der Waals surface area (Å²) in [6.45, 7) is 3.85. The Morgan fingerprint density at radius 1 is 1.24 bits per heavy atom. The fourth-order valence-corrected chi connectivity index (χ4v) is 3.19. The van der Waals surface area contributed by atoms with Crippen molar-refractivity contribution in [2.24, 2.45) is 0 Å². The Bertz CT molecular complexity index is 743. The lowest BCUT2D eigenvalue weighted by atomic mass is 10.1. The van der Waals surface area contributed by atoms with Crippen LogP contribution in [0.3, 0.4) is 0 Å². The van der Waals surface area contributed by atoms with Gasteiger partial charge in [-0.1, -0.05) is 12.1 Å². The Morgan fingerprint density at radius 2 is 1.86 bits per heavy atom. The lowest BCUT2D eigenvalue weighted by Crippen LogP contribution is -2.14. The van der Waals surface area contributed by atoms with Gasteiger partial charge >= 0.3 is 0 Å². The highest BCUT2D eigenvalue weighted by Gasteiger charge is 2.10. The summed E-state index contributed by atoms with van der Waals surface area (Å²) in [7, 11) is -3.21. The number of thiazole rings is 1. The zero-order chi connectivity index (χ0) is 15.6. The van der Waals surface area contributed by atoms with Crippen molar-refractivity contribution in [3.05, 3.63) is 40.4 Å². The summed E-state index contributed by atoms with van der Waals surface area (Å²) < 4.78 is 22.7. The Morgan fingerprint density at radius 3 is 2.33 bits per heavy atom. The smallest absolute Gasteiger partial charge is 0.230 e. The van der Waals surface area contributed by atoms with Gasteiger partial charge in [-0.05, 0) is 31.5 Å². The highest BCUT2D eigenvalue weighted by Crippen LogP contribution is 2.21. The number of aromatic nitrogens is 1. The molecule has 0 atom stereocenters. The molecule has 0 aliphatic carbocycles. The molecule has 5 nitrogen and oxygen atoms in total. The summed E-state index contributed by atoms with van der Waals surface area (Å²) >= 11 is 1.44. The van der Waals surface area contributed by atoms with Crippen molar-refractivity contribution in [1.82, 2.24) is 4.98 Å². The second-order valence-electron chi connectivity index (χ2n) is 4.80. The number of hydrogen-bond acceptors (Lipinski definition) is 5. The number of anilines is 1. The zero-order valence-corrected chi connectivity index (χ0v) is 13.6. The molecule has 0 saturated heterocycles. The van der Waals surface area contributed by atoms with E-state index >= 15 is 0 Å². The maximum absolute atomic E-state index is 11.9. The second-order valence-corrected chi connectivity index (χ2v) is 8.02. The molecule has 7 heteroatoms. The van der Waals surface area contributed by atoms with E-state index in [0.29, 0.717) is 5.13 Å². The van der Waals surface area contributed by atoms with Crippen molar-refractivity contribution in [2.75, 3.05) is 11.6 Å². The first kappa shape index (κ1) is 15.7. The minimum atomic E-state index is -3.21. The van der Waals surface area contributed by atoms with Crippen molar-refractivity contribution in [3.63, 3.8) is 0 Å². The van der Waals surface area contributed by atoms with Gasteiger partial charge in [0.05, 0.1) is 17.0 Å². The van der Waals surface area contributed by atoms with Crippen LogP contribution in [-0.4, -0.2) is 25.6 Å². The summed E-state index contributed by atoms with van der Waals surface area (Å²) in [5.74, 6) is -0.171. The second kappa shape index (κ2) is 5.95. The minimum absolute atomic E-state index is 0.171. The molecule has 0 saturated carbocycles. The van der Waals surface area contributed by atoms with E-state index in [1.54, 1.807) is 12.1 Å². The van der Waals surface area contributed by atoms with Gasteiger partial charge in [0.1, 0.15) is 0 Å². The topological polar surface area (TPSA) is 76.1 Å². The van der Waals surface area contributed by atoms with Gasteiger partial charge in [0.15, 0.2) is 15.0 Å². The van der Waals surface area contributed by atoms with Crippen molar-refractivity contribution < 1.29 is 13.2 Å². The number of benzene rings is 1. The normalized spacial score (nSPS) is 11.4. The van der Waals surface area contributed by atoms with E-state index in [4.69, 9.17) is 0 Å². The standard InChI is InChI=1S/C14H16N2O3S2/c1-9-10(2)20-14(15-9)16-13(17)8-11-4-6-12(7-5-11)21(3,18)19/h4-7H,8H2,1-3H3,(H,15,16,17). The molecular weight excluding hydrogens is 308 g/mol. The van der Waals surface area contributed by atoms with Crippen LogP contribution >= 0.6 is 11.3 Å². The van der Waals surface area contributed by atoms with Gasteiger partial charge in [0.2, 0.25) is 5.91 Å². The maximum atomic E-state index is 11.9. The van der Waals surface area contributed by atoms with E-state index in [1.165, 1.54) is 23.5 Å². The van der Waals surface area contributed by atoms with Gasteiger partial charge in [0, 0.05) is 11.1 Å². The molecule has 1 heterocycles. The number of rotatable bonds is 4. The Kier molecular flexibility index (Phi) is 4.43. The van der Waals surface area contributed by atoms with Gasteiger partial charge in [0.25, 0.3) is 0 Å². The average molecular weight is 324 g/mol. The molecule has 2 aromatic rings. The van der Waals surface area contributed by atoms with Crippen LogP contribution in [0.25, 0.3) is 0 Å². The van der Waals surface area contributed by atoms with Gasteiger partial charge in [-0.3, -0.25) is 4.79 Å². The van der Waals surface area contributed by atoms with E-state index in [1.807, 2.05) is 13.8 Å². The molecule has 0 radical (unpaired) electrons. The van der Waals surface area contributed by atoms with E-state index in [9.17, 15) is 13.2 Å². The van der Waals surface area contributed by atoms with Crippen LogP contribution in [0.1, 0.15) is 16.1 Å². The summed E-state index contributed by atoms with van der Waals surface area (Å²) in [4.78, 5) is 17.5. The monoisotopic (exact) mass is 324 g/mol. The molecule has 1 aromatic heterocycles. The van der Waals surface area contributed by atoms with Crippen LogP contribution in [-0.2, 0) is 21.1 Å². The summed E-state index contributed by atoms with van der Waals surface area (Å²) in [5, 5.41) is 3.33. The van der Waals surface area contributed by atoms with Crippen LogP contribution in [0, 0.1) is 13.8 Å². The van der Waals surface area contributed by atoms with Gasteiger partial charge in [-0.25, -0.2) is 13.4 Å². The van der Waals surface area contributed by atoms with Crippen molar-refractivity contribution in [3.8, 4) is 0 Å². The molecule has 2 rings (SSSR count). The van der Waals surface area contributed by atoms with Crippen LogP contribution in [0.4, 0.5) is 5.13 Å². The molecule has 0 aliphatic rings. The van der Waals surface area contributed by atoms with Gasteiger partial charge < -0.3 is 5.32 Å². The van der Waals surface area contributed by atoms with Gasteiger partial charge in [-0.15, -0.1) is 11.3 Å². The molecule has 112 valence electrons. The van der Waals surface area contributed by atoms with Gasteiger partial charge in [-0.2, -0.15) is 0 Å². The van der Waals surface area contributed by atoms with Crippen molar-refractivity contribution in [1.29, 1.82) is 0 Å². The fraction of sp³-hybridized carbons (Fsp3) is 0.286. The number of aryl methyl sites for hydroxylation is 2. The van der Waals surface area contributed by atoms with E-state index in [2.05, 4.69) is 10.3 Å². The molecule has 1 amide bonds. The summed E-state index contributed by atoms with van der Waals surface area (Å²) in [6.07, 6.45) is 1.34. The predicted octanol–water partition coefficient (Wildman–Crippen LogP) is 2.34. The highest BCUT2D eigenvalue weighted by atomic mass is 32.2. The summed E-state index contributed by atoms with van der Waals surface area (Å²) in [6, 6.07) is 6.31. The Hall–Kier alpha value is -1.73. The van der Waals surface area contributed by atoms with Crippen molar-refractivity contribution >= 4 is 32.2 Å². The number of nitrogens with zero attached hydrogens (tertiary/aromatic N) is 1. The fourth-order valence-electron chi connectivity index (χ4n) is 1.73. The molecule has 0 fully saturated rings. The predicted molar refractivity (Wildman–Crippen MR) is 83.5 cm³/mol. The lowest BCUT2D eigenvalue weighted by molar-refractivity contribution is -0.115. The third kappa shape index (κ3) is 4.12. The largest absolute Gasteiger partial charge is 0.302 e. The first-order valence-corrected chi connectivity index (χ1v) is 8.99. The zero-order valence-electron chi connectivity index (χ0n) is 12.0. The molecule has 0 spiro atoms. The summed E-state index contributed by atoms with van der Waals surface area (Å²) in [5.41, 5.74) is 1.66. The van der Waals surface area contributed by atoms with Crippen LogP contribution in [0.15, 0.2) is 29.2 Å². The first-order chi connectivity index (χ1) is 9.75. The van der Waals surface area contributed by atoms with Crippen molar-refractivity contribution in [2.45, 2.75) is 25.2 Å². The quantitative estimate of drug-likeness (QED) is 0.936. The SMILES string of the molecule is Cc1nc(NC(=O)Cc2ccc(S(C)(=O)=O)cc2)sc1C. The number of carbonyl (C=O) groups is 1.